The molecule has 0 unspecified atom stereocenters. The Morgan fingerprint density at radius 2 is 2.17 bits per heavy atom. The van der Waals surface area contributed by atoms with Crippen molar-refractivity contribution in [3.8, 4) is 0 Å². The molecule has 6 nitrogen and oxygen atoms in total. The lowest BCUT2D eigenvalue weighted by Gasteiger charge is -2.25. The fourth-order valence-electron chi connectivity index (χ4n) is 3.03. The second kappa shape index (κ2) is 7.27. The van der Waals surface area contributed by atoms with Crippen molar-refractivity contribution in [2.24, 2.45) is 0 Å². The summed E-state index contributed by atoms with van der Waals surface area (Å²) in [5.74, 6) is 0.0523. The average molecular weight is 321 g/mol. The minimum absolute atomic E-state index is 0.118. The van der Waals surface area contributed by atoms with Gasteiger partial charge in [-0.25, -0.2) is 0 Å². The Morgan fingerprint density at radius 3 is 2.74 bits per heavy atom. The molecule has 0 aromatic carbocycles. The van der Waals surface area contributed by atoms with E-state index in [0.717, 1.165) is 18.7 Å². The highest BCUT2D eigenvalue weighted by Crippen LogP contribution is 2.19. The van der Waals surface area contributed by atoms with Crippen molar-refractivity contribution in [1.82, 2.24) is 14.8 Å². The van der Waals surface area contributed by atoms with Gasteiger partial charge in [-0.2, -0.15) is 0 Å². The SMILES string of the molecule is CO[C@H]1C[C@@H](CN(C)C(=O)c2cc(C(C)C)[nH]c(=O)c2)N(C)C1. The van der Waals surface area contributed by atoms with Crippen LogP contribution in [0, 0.1) is 0 Å². The van der Waals surface area contributed by atoms with Crippen LogP contribution >= 0.6 is 0 Å². The highest BCUT2D eigenvalue weighted by atomic mass is 16.5. The minimum Gasteiger partial charge on any atom is -0.380 e. The third kappa shape index (κ3) is 4.20. The number of rotatable bonds is 5. The van der Waals surface area contributed by atoms with Crippen LogP contribution in [0.1, 0.15) is 42.2 Å². The van der Waals surface area contributed by atoms with Crippen LogP contribution in [0.2, 0.25) is 0 Å². The zero-order chi connectivity index (χ0) is 17.1. The molecule has 0 bridgehead atoms. The number of ether oxygens (including phenoxy) is 1. The number of nitrogens with zero attached hydrogens (tertiary/aromatic N) is 2. The molecule has 0 aliphatic carbocycles. The van der Waals surface area contributed by atoms with Gasteiger partial charge in [-0.15, -0.1) is 0 Å². The Kier molecular flexibility index (Phi) is 5.59. The van der Waals surface area contributed by atoms with E-state index in [2.05, 4.69) is 9.88 Å². The molecule has 1 saturated heterocycles. The summed E-state index contributed by atoms with van der Waals surface area (Å²) in [7, 11) is 5.55. The first-order chi connectivity index (χ1) is 10.8. The van der Waals surface area contributed by atoms with E-state index < -0.39 is 0 Å². The molecule has 1 amide bonds. The van der Waals surface area contributed by atoms with Crippen LogP contribution in [0.4, 0.5) is 0 Å². The topological polar surface area (TPSA) is 65.6 Å². The Labute approximate surface area is 137 Å². The first-order valence-electron chi connectivity index (χ1n) is 8.04. The number of hydrogen-bond acceptors (Lipinski definition) is 4. The molecular formula is C17H27N3O3. The summed E-state index contributed by atoms with van der Waals surface area (Å²) in [4.78, 5) is 31.1. The zero-order valence-corrected chi connectivity index (χ0v) is 14.6. The number of carbonyl (C=O) groups is 1. The highest BCUT2D eigenvalue weighted by molar-refractivity contribution is 5.94. The van der Waals surface area contributed by atoms with E-state index in [9.17, 15) is 9.59 Å². The molecule has 1 N–H and O–H groups in total. The summed E-state index contributed by atoms with van der Waals surface area (Å²) in [6.45, 7) is 5.48. The van der Waals surface area contributed by atoms with Crippen LogP contribution in [-0.2, 0) is 4.74 Å². The number of likely N-dealkylation sites (N-methyl/N-ethyl adjacent to an activating group) is 2. The Hall–Kier alpha value is -1.66. The lowest BCUT2D eigenvalue weighted by molar-refractivity contribution is 0.0760. The molecule has 0 spiro atoms. The predicted octanol–water partition coefficient (Wildman–Crippen LogP) is 1.29. The fourth-order valence-corrected chi connectivity index (χ4v) is 3.03. The summed E-state index contributed by atoms with van der Waals surface area (Å²) >= 11 is 0. The number of likely N-dealkylation sites (tertiary alicyclic amines) is 1. The number of H-pyrrole nitrogens is 1. The van der Waals surface area contributed by atoms with Gasteiger partial charge in [0.25, 0.3) is 5.91 Å². The maximum Gasteiger partial charge on any atom is 0.253 e. The van der Waals surface area contributed by atoms with Crippen molar-refractivity contribution in [2.45, 2.75) is 38.3 Å². The summed E-state index contributed by atoms with van der Waals surface area (Å²) < 4.78 is 5.41. The van der Waals surface area contributed by atoms with E-state index in [4.69, 9.17) is 4.74 Å². The van der Waals surface area contributed by atoms with Gasteiger partial charge in [-0.05, 0) is 25.5 Å². The number of aromatic nitrogens is 1. The number of hydrogen-bond donors (Lipinski definition) is 1. The first-order valence-corrected chi connectivity index (χ1v) is 8.04. The molecule has 1 aromatic rings. The van der Waals surface area contributed by atoms with Gasteiger partial charge in [-0.3, -0.25) is 14.5 Å². The van der Waals surface area contributed by atoms with Crippen LogP contribution in [0.15, 0.2) is 16.9 Å². The number of methoxy groups -OCH3 is 1. The summed E-state index contributed by atoms with van der Waals surface area (Å²) in [5, 5.41) is 0. The van der Waals surface area contributed by atoms with Crippen molar-refractivity contribution in [3.63, 3.8) is 0 Å². The number of aromatic amines is 1. The van der Waals surface area contributed by atoms with E-state index in [1.54, 1.807) is 25.1 Å². The van der Waals surface area contributed by atoms with Crippen molar-refractivity contribution in [2.75, 3.05) is 34.3 Å². The molecule has 1 aliphatic heterocycles. The maximum absolute atomic E-state index is 12.6. The number of amides is 1. The van der Waals surface area contributed by atoms with Crippen molar-refractivity contribution in [1.29, 1.82) is 0 Å². The molecule has 0 saturated carbocycles. The smallest absolute Gasteiger partial charge is 0.253 e. The monoisotopic (exact) mass is 321 g/mol. The lowest BCUT2D eigenvalue weighted by Crippen LogP contribution is -2.39. The van der Waals surface area contributed by atoms with Crippen LogP contribution in [-0.4, -0.2) is 67.1 Å². The van der Waals surface area contributed by atoms with Crippen molar-refractivity contribution >= 4 is 5.91 Å². The minimum atomic E-state index is -0.231. The lowest BCUT2D eigenvalue weighted by atomic mass is 10.1. The van der Waals surface area contributed by atoms with Gasteiger partial charge in [0, 0.05) is 50.6 Å². The van der Waals surface area contributed by atoms with Gasteiger partial charge in [0.15, 0.2) is 0 Å². The first kappa shape index (κ1) is 17.7. The summed E-state index contributed by atoms with van der Waals surface area (Å²) in [5.41, 5.74) is 1.00. The van der Waals surface area contributed by atoms with E-state index in [-0.39, 0.29) is 29.5 Å². The maximum atomic E-state index is 12.6. The van der Waals surface area contributed by atoms with Gasteiger partial charge < -0.3 is 14.6 Å². The third-order valence-electron chi connectivity index (χ3n) is 4.55. The quantitative estimate of drug-likeness (QED) is 0.887. The number of nitrogens with one attached hydrogen (secondary N) is 1. The molecule has 1 aromatic heterocycles. The molecule has 2 rings (SSSR count). The fraction of sp³-hybridized carbons (Fsp3) is 0.647. The van der Waals surface area contributed by atoms with E-state index in [1.165, 1.54) is 6.07 Å². The van der Waals surface area contributed by atoms with Crippen LogP contribution in [0.3, 0.4) is 0 Å². The van der Waals surface area contributed by atoms with E-state index >= 15 is 0 Å². The second-order valence-corrected chi connectivity index (χ2v) is 6.72. The Morgan fingerprint density at radius 1 is 1.48 bits per heavy atom. The molecular weight excluding hydrogens is 294 g/mol. The Bertz CT molecular complexity index is 611. The normalized spacial score (nSPS) is 21.8. The Balaban J connectivity index is 2.09. The average Bonchev–Trinajstić information content (AvgIpc) is 2.86. The van der Waals surface area contributed by atoms with E-state index in [1.807, 2.05) is 20.9 Å². The van der Waals surface area contributed by atoms with Gasteiger partial charge in [0.1, 0.15) is 0 Å². The molecule has 1 fully saturated rings. The van der Waals surface area contributed by atoms with Crippen LogP contribution < -0.4 is 5.56 Å². The summed E-state index contributed by atoms with van der Waals surface area (Å²) in [6, 6.07) is 3.43. The molecule has 128 valence electrons. The van der Waals surface area contributed by atoms with Gasteiger partial charge in [0.05, 0.1) is 6.10 Å². The van der Waals surface area contributed by atoms with Crippen LogP contribution in [0.5, 0.6) is 0 Å². The molecule has 0 radical (unpaired) electrons. The van der Waals surface area contributed by atoms with Crippen molar-refractivity contribution < 1.29 is 9.53 Å². The van der Waals surface area contributed by atoms with Gasteiger partial charge in [0.2, 0.25) is 5.56 Å². The number of carbonyl (C=O) groups excluding carboxylic acids is 1. The molecule has 6 heteroatoms. The highest BCUT2D eigenvalue weighted by Gasteiger charge is 2.31. The molecule has 23 heavy (non-hydrogen) atoms. The van der Waals surface area contributed by atoms with Crippen LogP contribution in [0.25, 0.3) is 0 Å². The molecule has 2 heterocycles. The predicted molar refractivity (Wildman–Crippen MR) is 89.9 cm³/mol. The largest absolute Gasteiger partial charge is 0.380 e. The molecule has 2 atom stereocenters. The zero-order valence-electron chi connectivity index (χ0n) is 14.6. The summed E-state index contributed by atoms with van der Waals surface area (Å²) in [6.07, 6.45) is 1.14. The third-order valence-corrected chi connectivity index (χ3v) is 4.55. The number of pyridine rings is 1. The van der Waals surface area contributed by atoms with Gasteiger partial charge >= 0.3 is 0 Å². The second-order valence-electron chi connectivity index (χ2n) is 6.72. The molecule has 1 aliphatic rings. The van der Waals surface area contributed by atoms with Gasteiger partial charge in [-0.1, -0.05) is 13.8 Å². The van der Waals surface area contributed by atoms with E-state index in [0.29, 0.717) is 12.1 Å². The van der Waals surface area contributed by atoms with Crippen molar-refractivity contribution in [3.05, 3.63) is 33.7 Å². The standard InChI is InChI=1S/C17H27N3O3/c1-11(2)15-6-12(7-16(21)18-15)17(22)20(4)9-13-8-14(23-5)10-19(13)3/h6-7,11,13-14H,8-10H2,1-5H3,(H,18,21)/t13-,14-/m0/s1.